The first kappa shape index (κ1) is 17.4. The van der Waals surface area contributed by atoms with Crippen LogP contribution in [-0.4, -0.2) is 18.1 Å². The average Bonchev–Trinajstić information content (AvgIpc) is 2.42. The summed E-state index contributed by atoms with van der Waals surface area (Å²) in [6.07, 6.45) is 0.768. The van der Waals surface area contributed by atoms with Crippen LogP contribution in [-0.2, 0) is 11.3 Å². The first-order valence-corrected chi connectivity index (χ1v) is 7.04. The summed E-state index contributed by atoms with van der Waals surface area (Å²) in [5.41, 5.74) is 5.66. The number of rotatable bonds is 7. The molecule has 0 bridgehead atoms. The number of hydrogen-bond donors (Lipinski definition) is 2. The van der Waals surface area contributed by atoms with Gasteiger partial charge in [0.1, 0.15) is 0 Å². The van der Waals surface area contributed by atoms with Gasteiger partial charge in [0.05, 0.1) is 0 Å². The van der Waals surface area contributed by atoms with Gasteiger partial charge in [-0.25, -0.2) is 8.78 Å². The van der Waals surface area contributed by atoms with Crippen LogP contribution in [0.15, 0.2) is 12.1 Å². The molecular formula is C15H22F2N2O2. The zero-order valence-corrected chi connectivity index (χ0v) is 12.6. The van der Waals surface area contributed by atoms with E-state index in [1.165, 1.54) is 6.92 Å². The highest BCUT2D eigenvalue weighted by atomic mass is 19.1. The van der Waals surface area contributed by atoms with Gasteiger partial charge in [0.15, 0.2) is 23.5 Å². The molecule has 4 nitrogen and oxygen atoms in total. The minimum absolute atomic E-state index is 0.0112. The number of carbonyl (C=O) groups is 1. The van der Waals surface area contributed by atoms with Gasteiger partial charge in [-0.2, -0.15) is 0 Å². The first-order valence-electron chi connectivity index (χ1n) is 7.04. The van der Waals surface area contributed by atoms with Crippen molar-refractivity contribution in [3.05, 3.63) is 29.3 Å². The summed E-state index contributed by atoms with van der Waals surface area (Å²) in [6, 6.07) is 2.19. The predicted molar refractivity (Wildman–Crippen MR) is 76.9 cm³/mol. The van der Waals surface area contributed by atoms with Gasteiger partial charge in [-0.3, -0.25) is 4.79 Å². The molecule has 1 rings (SSSR count). The fourth-order valence-corrected chi connectivity index (χ4v) is 1.94. The van der Waals surface area contributed by atoms with Gasteiger partial charge < -0.3 is 15.8 Å². The van der Waals surface area contributed by atoms with Crippen molar-refractivity contribution in [1.29, 1.82) is 0 Å². The minimum Gasteiger partial charge on any atom is -0.475 e. The number of halogens is 2. The van der Waals surface area contributed by atoms with E-state index in [1.807, 2.05) is 13.8 Å². The van der Waals surface area contributed by atoms with Crippen LogP contribution in [0.25, 0.3) is 0 Å². The van der Waals surface area contributed by atoms with Gasteiger partial charge in [-0.1, -0.05) is 13.3 Å². The molecule has 118 valence electrons. The number of amides is 1. The minimum atomic E-state index is -0.989. The molecule has 6 heteroatoms. The van der Waals surface area contributed by atoms with Crippen LogP contribution in [0.4, 0.5) is 8.78 Å². The Morgan fingerprint density at radius 1 is 1.33 bits per heavy atom. The number of carbonyl (C=O) groups excluding carboxylic acids is 1. The summed E-state index contributed by atoms with van der Waals surface area (Å²) in [4.78, 5) is 11.9. The number of ether oxygens (including phenoxy) is 1. The summed E-state index contributed by atoms with van der Waals surface area (Å²) in [6.45, 7) is 5.35. The lowest BCUT2D eigenvalue weighted by Gasteiger charge is -2.19. The van der Waals surface area contributed by atoms with E-state index in [1.54, 1.807) is 0 Å². The Balaban J connectivity index is 2.74. The van der Waals surface area contributed by atoms with E-state index in [4.69, 9.17) is 10.5 Å². The lowest BCUT2D eigenvalue weighted by Crippen LogP contribution is -2.41. The molecule has 1 aromatic rings. The quantitative estimate of drug-likeness (QED) is 0.813. The predicted octanol–water partition coefficient (Wildman–Crippen LogP) is 2.50. The van der Waals surface area contributed by atoms with Crippen LogP contribution < -0.4 is 15.8 Å². The molecule has 0 aliphatic rings. The Labute approximate surface area is 123 Å². The molecule has 3 N–H and O–H groups in total. The second-order valence-corrected chi connectivity index (χ2v) is 5.05. The van der Waals surface area contributed by atoms with Gasteiger partial charge in [0, 0.05) is 12.6 Å². The van der Waals surface area contributed by atoms with E-state index in [9.17, 15) is 13.6 Å². The van der Waals surface area contributed by atoms with Gasteiger partial charge in [0.25, 0.3) is 5.91 Å². The maximum Gasteiger partial charge on any atom is 0.260 e. The van der Waals surface area contributed by atoms with E-state index in [-0.39, 0.29) is 12.6 Å². The third-order valence-electron chi connectivity index (χ3n) is 3.07. The van der Waals surface area contributed by atoms with Gasteiger partial charge >= 0.3 is 0 Å². The second-order valence-electron chi connectivity index (χ2n) is 5.05. The summed E-state index contributed by atoms with van der Waals surface area (Å²) < 4.78 is 32.6. The van der Waals surface area contributed by atoms with Crippen LogP contribution in [0.3, 0.4) is 0 Å². The summed E-state index contributed by atoms with van der Waals surface area (Å²) in [5.74, 6) is -2.69. The van der Waals surface area contributed by atoms with Crippen molar-refractivity contribution in [1.82, 2.24) is 5.32 Å². The molecule has 2 atom stereocenters. The average molecular weight is 300 g/mol. The topological polar surface area (TPSA) is 64.3 Å². The molecule has 2 unspecified atom stereocenters. The maximum absolute atomic E-state index is 13.8. The lowest BCUT2D eigenvalue weighted by molar-refractivity contribution is -0.128. The Hall–Kier alpha value is -1.69. The molecule has 0 aliphatic carbocycles. The number of nitrogens with one attached hydrogen (secondary N) is 1. The van der Waals surface area contributed by atoms with Crippen molar-refractivity contribution >= 4 is 5.91 Å². The standard InChI is InChI=1S/C15H22F2N2O2/c1-4-5-9(2)19-15(20)10(3)21-14-12(16)6-11(8-18)7-13(14)17/h6-7,9-10H,4-5,8,18H2,1-3H3,(H,19,20). The molecule has 21 heavy (non-hydrogen) atoms. The van der Waals surface area contributed by atoms with Crippen molar-refractivity contribution in [2.45, 2.75) is 52.3 Å². The molecule has 1 aromatic carbocycles. The SMILES string of the molecule is CCCC(C)NC(=O)C(C)Oc1c(F)cc(CN)cc1F. The van der Waals surface area contributed by atoms with E-state index >= 15 is 0 Å². The summed E-state index contributed by atoms with van der Waals surface area (Å²) >= 11 is 0. The lowest BCUT2D eigenvalue weighted by atomic mass is 10.2. The van der Waals surface area contributed by atoms with Crippen LogP contribution in [0.5, 0.6) is 5.75 Å². The third kappa shape index (κ3) is 4.97. The third-order valence-corrected chi connectivity index (χ3v) is 3.07. The van der Waals surface area contributed by atoms with E-state index in [2.05, 4.69) is 5.32 Å². The molecular weight excluding hydrogens is 278 g/mol. The smallest absolute Gasteiger partial charge is 0.260 e. The highest BCUT2D eigenvalue weighted by Crippen LogP contribution is 2.24. The van der Waals surface area contributed by atoms with E-state index in [0.29, 0.717) is 5.56 Å². The number of benzene rings is 1. The van der Waals surface area contributed by atoms with Crippen molar-refractivity contribution in [2.75, 3.05) is 0 Å². The molecule has 0 fully saturated rings. The zero-order valence-electron chi connectivity index (χ0n) is 12.6. The van der Waals surface area contributed by atoms with Crippen LogP contribution >= 0.6 is 0 Å². The summed E-state index contributed by atoms with van der Waals surface area (Å²) in [5, 5.41) is 2.73. The first-order chi connectivity index (χ1) is 9.88. The number of hydrogen-bond acceptors (Lipinski definition) is 3. The molecule has 0 aliphatic heterocycles. The molecule has 0 radical (unpaired) electrons. The van der Waals surface area contributed by atoms with Gasteiger partial charge in [-0.15, -0.1) is 0 Å². The van der Waals surface area contributed by atoms with E-state index in [0.717, 1.165) is 25.0 Å². The molecule has 0 saturated carbocycles. The fourth-order valence-electron chi connectivity index (χ4n) is 1.94. The Morgan fingerprint density at radius 2 is 1.90 bits per heavy atom. The van der Waals surface area contributed by atoms with E-state index < -0.39 is 29.4 Å². The molecule has 0 spiro atoms. The largest absolute Gasteiger partial charge is 0.475 e. The van der Waals surface area contributed by atoms with Crippen molar-refractivity contribution in [3.8, 4) is 5.75 Å². The maximum atomic E-state index is 13.8. The van der Waals surface area contributed by atoms with Crippen LogP contribution in [0.2, 0.25) is 0 Å². The van der Waals surface area contributed by atoms with Gasteiger partial charge in [-0.05, 0) is 38.0 Å². The van der Waals surface area contributed by atoms with Crippen molar-refractivity contribution < 1.29 is 18.3 Å². The fraction of sp³-hybridized carbons (Fsp3) is 0.533. The highest BCUT2D eigenvalue weighted by molar-refractivity contribution is 5.80. The molecule has 1 amide bonds. The van der Waals surface area contributed by atoms with Crippen molar-refractivity contribution in [2.24, 2.45) is 5.73 Å². The molecule has 0 heterocycles. The Bertz CT molecular complexity index is 472. The molecule has 0 saturated heterocycles. The zero-order chi connectivity index (χ0) is 16.0. The second kappa shape index (κ2) is 7.93. The van der Waals surface area contributed by atoms with Crippen LogP contribution in [0.1, 0.15) is 39.2 Å². The summed E-state index contributed by atoms with van der Waals surface area (Å²) in [7, 11) is 0. The monoisotopic (exact) mass is 300 g/mol. The van der Waals surface area contributed by atoms with Gasteiger partial charge in [0.2, 0.25) is 0 Å². The van der Waals surface area contributed by atoms with Crippen LogP contribution in [0, 0.1) is 11.6 Å². The Morgan fingerprint density at radius 3 is 2.38 bits per heavy atom. The highest BCUT2D eigenvalue weighted by Gasteiger charge is 2.21. The number of nitrogens with two attached hydrogens (primary N) is 1. The normalized spacial score (nSPS) is 13.6. The van der Waals surface area contributed by atoms with Crippen molar-refractivity contribution in [3.63, 3.8) is 0 Å². The molecule has 0 aromatic heterocycles. The Kier molecular flexibility index (Phi) is 6.55.